The minimum Gasteiger partial charge on any atom is -0.241 e. The molecule has 1 aromatic carbocycles. The van der Waals surface area contributed by atoms with Crippen LogP contribution in [0.15, 0.2) is 22.7 Å². The third-order valence-electron chi connectivity index (χ3n) is 3.35. The van der Waals surface area contributed by atoms with Crippen molar-refractivity contribution < 1.29 is 4.39 Å². The van der Waals surface area contributed by atoms with Gasteiger partial charge in [0.05, 0.1) is 17.2 Å². The predicted molar refractivity (Wildman–Crippen MR) is 76.5 cm³/mol. The van der Waals surface area contributed by atoms with Crippen molar-refractivity contribution in [3.63, 3.8) is 0 Å². The molecule has 1 fully saturated rings. The highest BCUT2D eigenvalue weighted by atomic mass is 79.9. The normalized spacial score (nSPS) is 16.1. The van der Waals surface area contributed by atoms with E-state index in [2.05, 4.69) is 27.0 Å². The van der Waals surface area contributed by atoms with Crippen molar-refractivity contribution in [2.24, 2.45) is 0 Å². The van der Waals surface area contributed by atoms with E-state index in [-0.39, 0.29) is 11.2 Å². The van der Waals surface area contributed by atoms with Crippen LogP contribution in [0.5, 0.6) is 0 Å². The number of hydrogen-bond acceptors (Lipinski definition) is 3. The molecule has 2 aromatic rings. The molecule has 96 valence electrons. The number of nitriles is 1. The molecule has 1 heterocycles. The summed E-state index contributed by atoms with van der Waals surface area (Å²) >= 11 is 4.78. The summed E-state index contributed by atoms with van der Waals surface area (Å²) in [6.07, 6.45) is 1.76. The Balaban J connectivity index is 2.11. The van der Waals surface area contributed by atoms with Crippen LogP contribution in [0.25, 0.3) is 10.6 Å². The van der Waals surface area contributed by atoms with Gasteiger partial charge in [0.2, 0.25) is 0 Å². The Labute approximate surface area is 123 Å². The number of benzene rings is 1. The van der Waals surface area contributed by atoms with Crippen LogP contribution in [0, 0.1) is 24.1 Å². The lowest BCUT2D eigenvalue weighted by Gasteiger charge is -2.01. The number of aromatic nitrogens is 1. The van der Waals surface area contributed by atoms with Gasteiger partial charge in [0.25, 0.3) is 0 Å². The first-order chi connectivity index (χ1) is 9.05. The van der Waals surface area contributed by atoms with Crippen LogP contribution in [0.1, 0.15) is 23.4 Å². The van der Waals surface area contributed by atoms with E-state index < -0.39 is 0 Å². The third-order valence-corrected chi connectivity index (χ3v) is 5.24. The number of halogens is 2. The molecular formula is C14H10BrFN2S. The lowest BCUT2D eigenvalue weighted by Crippen LogP contribution is -2.01. The predicted octanol–water partition coefficient (Wildman–Crippen LogP) is 4.58. The van der Waals surface area contributed by atoms with Gasteiger partial charge in [-0.05, 0) is 38.0 Å². The molecule has 0 radical (unpaired) electrons. The van der Waals surface area contributed by atoms with E-state index in [0.717, 1.165) is 27.9 Å². The van der Waals surface area contributed by atoms with Crippen molar-refractivity contribution in [2.45, 2.75) is 25.2 Å². The minimum absolute atomic E-state index is 0.287. The summed E-state index contributed by atoms with van der Waals surface area (Å²) in [6.45, 7) is 1.89. The largest absolute Gasteiger partial charge is 0.241 e. The van der Waals surface area contributed by atoms with Gasteiger partial charge in [0, 0.05) is 14.9 Å². The van der Waals surface area contributed by atoms with E-state index >= 15 is 0 Å². The molecule has 0 bridgehead atoms. The molecule has 0 amide bonds. The lowest BCUT2D eigenvalue weighted by atomic mass is 10.1. The Bertz CT molecular complexity index is 698. The molecule has 0 saturated heterocycles. The lowest BCUT2D eigenvalue weighted by molar-refractivity contribution is 0.631. The fourth-order valence-corrected chi connectivity index (χ4v) is 3.77. The third kappa shape index (κ3) is 2.09. The zero-order chi connectivity index (χ0) is 13.6. The first kappa shape index (κ1) is 12.8. The highest BCUT2D eigenvalue weighted by Gasteiger charge is 2.47. The summed E-state index contributed by atoms with van der Waals surface area (Å²) in [5.74, 6) is -0.287. The van der Waals surface area contributed by atoms with E-state index in [1.165, 1.54) is 17.4 Å². The number of rotatable bonds is 2. The number of aryl methyl sites for hydroxylation is 1. The summed E-state index contributed by atoms with van der Waals surface area (Å²) in [7, 11) is 0. The second-order valence-electron chi connectivity index (χ2n) is 4.75. The Morgan fingerprint density at radius 2 is 2.21 bits per heavy atom. The molecule has 3 rings (SSSR count). The molecule has 1 saturated carbocycles. The van der Waals surface area contributed by atoms with Crippen molar-refractivity contribution in [2.75, 3.05) is 0 Å². The maximum atomic E-state index is 13.9. The van der Waals surface area contributed by atoms with Crippen LogP contribution in [-0.4, -0.2) is 4.98 Å². The summed E-state index contributed by atoms with van der Waals surface area (Å²) in [4.78, 5) is 5.43. The maximum absolute atomic E-state index is 13.9. The Hall–Kier alpha value is -1.25. The average Bonchev–Trinajstić information content (AvgIpc) is 3.10. The Morgan fingerprint density at radius 1 is 1.47 bits per heavy atom. The Kier molecular flexibility index (Phi) is 2.95. The molecule has 5 heteroatoms. The molecule has 2 nitrogen and oxygen atoms in total. The van der Waals surface area contributed by atoms with E-state index in [1.54, 1.807) is 12.1 Å². The number of thiazole rings is 1. The molecule has 1 aliphatic rings. The Morgan fingerprint density at radius 3 is 2.84 bits per heavy atom. The van der Waals surface area contributed by atoms with Crippen LogP contribution >= 0.6 is 27.3 Å². The zero-order valence-corrected chi connectivity index (χ0v) is 12.6. The smallest absolute Gasteiger partial charge is 0.133 e. The van der Waals surface area contributed by atoms with Crippen LogP contribution in [0.3, 0.4) is 0 Å². The van der Waals surface area contributed by atoms with E-state index in [4.69, 9.17) is 0 Å². The monoisotopic (exact) mass is 336 g/mol. The minimum atomic E-state index is -0.359. The second kappa shape index (κ2) is 4.39. The van der Waals surface area contributed by atoms with Gasteiger partial charge >= 0.3 is 0 Å². The fraction of sp³-hybridized carbons (Fsp3) is 0.286. The molecule has 0 atom stereocenters. The molecule has 0 spiro atoms. The molecule has 1 aliphatic carbocycles. The van der Waals surface area contributed by atoms with Crippen LogP contribution in [0.2, 0.25) is 0 Å². The van der Waals surface area contributed by atoms with Gasteiger partial charge < -0.3 is 0 Å². The van der Waals surface area contributed by atoms with Crippen LogP contribution in [-0.2, 0) is 5.41 Å². The van der Waals surface area contributed by atoms with E-state index in [0.29, 0.717) is 10.6 Å². The van der Waals surface area contributed by atoms with Gasteiger partial charge in [-0.15, -0.1) is 11.3 Å². The quantitative estimate of drug-likeness (QED) is 0.805. The van der Waals surface area contributed by atoms with Crippen molar-refractivity contribution >= 4 is 27.3 Å². The average molecular weight is 337 g/mol. The first-order valence-corrected chi connectivity index (χ1v) is 7.51. The fourth-order valence-electron chi connectivity index (χ4n) is 2.13. The van der Waals surface area contributed by atoms with Gasteiger partial charge in [-0.1, -0.05) is 15.9 Å². The molecule has 0 aliphatic heterocycles. The molecule has 1 aromatic heterocycles. The molecule has 0 N–H and O–H groups in total. The number of nitrogens with zero attached hydrogens (tertiary/aromatic N) is 2. The highest BCUT2D eigenvalue weighted by Crippen LogP contribution is 2.51. The first-order valence-electron chi connectivity index (χ1n) is 5.90. The van der Waals surface area contributed by atoms with Gasteiger partial charge in [-0.3, -0.25) is 0 Å². The van der Waals surface area contributed by atoms with Crippen molar-refractivity contribution in [3.05, 3.63) is 39.1 Å². The van der Waals surface area contributed by atoms with Gasteiger partial charge in [0.1, 0.15) is 10.8 Å². The van der Waals surface area contributed by atoms with E-state index in [1.807, 2.05) is 6.92 Å². The van der Waals surface area contributed by atoms with Gasteiger partial charge in [-0.25, -0.2) is 9.37 Å². The van der Waals surface area contributed by atoms with Crippen molar-refractivity contribution in [3.8, 4) is 16.6 Å². The highest BCUT2D eigenvalue weighted by molar-refractivity contribution is 9.10. The SMILES string of the molecule is Cc1nc(-c2cc(Br)ccc2F)sc1C1(C#N)CC1. The van der Waals surface area contributed by atoms with Gasteiger partial charge in [0.15, 0.2) is 0 Å². The summed E-state index contributed by atoms with van der Waals surface area (Å²) in [6, 6.07) is 7.18. The summed E-state index contributed by atoms with van der Waals surface area (Å²) in [5.41, 5.74) is 0.976. The second-order valence-corrected chi connectivity index (χ2v) is 6.67. The van der Waals surface area contributed by atoms with Crippen molar-refractivity contribution in [1.29, 1.82) is 5.26 Å². The van der Waals surface area contributed by atoms with Crippen LogP contribution < -0.4 is 0 Å². The van der Waals surface area contributed by atoms with Gasteiger partial charge in [-0.2, -0.15) is 5.26 Å². The maximum Gasteiger partial charge on any atom is 0.133 e. The van der Waals surface area contributed by atoms with Crippen molar-refractivity contribution in [1.82, 2.24) is 4.98 Å². The molecule has 19 heavy (non-hydrogen) atoms. The topological polar surface area (TPSA) is 36.7 Å². The number of hydrogen-bond donors (Lipinski definition) is 0. The standard InChI is InChI=1S/C14H10BrFN2S/c1-8-12(14(7-17)4-5-14)19-13(18-8)10-6-9(15)2-3-11(10)16/h2-3,6H,4-5H2,1H3. The summed E-state index contributed by atoms with van der Waals surface area (Å²) in [5, 5.41) is 9.91. The van der Waals surface area contributed by atoms with E-state index in [9.17, 15) is 9.65 Å². The van der Waals surface area contributed by atoms with Crippen LogP contribution in [0.4, 0.5) is 4.39 Å². The molecular weight excluding hydrogens is 327 g/mol. The summed E-state index contributed by atoms with van der Waals surface area (Å²) < 4.78 is 14.7. The zero-order valence-electron chi connectivity index (χ0n) is 10.2. The molecule has 0 unspecified atom stereocenters.